The zero-order chi connectivity index (χ0) is 18.6. The van der Waals surface area contributed by atoms with E-state index in [1.54, 1.807) is 6.92 Å². The Morgan fingerprint density at radius 3 is 2.85 bits per heavy atom. The van der Waals surface area contributed by atoms with Crippen LogP contribution < -0.4 is 5.73 Å². The van der Waals surface area contributed by atoms with Gasteiger partial charge in [0.15, 0.2) is 12.0 Å². The second-order valence-corrected chi connectivity index (χ2v) is 8.52. The van der Waals surface area contributed by atoms with Gasteiger partial charge in [-0.05, 0) is 38.4 Å². The fourth-order valence-electron chi connectivity index (χ4n) is 3.49. The van der Waals surface area contributed by atoms with Crippen molar-refractivity contribution in [3.05, 3.63) is 17.5 Å². The summed E-state index contributed by atoms with van der Waals surface area (Å²) in [5.41, 5.74) is 6.54. The molecule has 2 aliphatic heterocycles. The molecule has 2 saturated heterocycles. The van der Waals surface area contributed by atoms with Crippen LogP contribution in [0.15, 0.2) is 12.3 Å². The predicted octanol–water partition coefficient (Wildman–Crippen LogP) is 2.26. The minimum Gasteiger partial charge on any atom is -0.383 e. The molecule has 3 N–H and O–H groups in total. The number of ether oxygens (including phenoxy) is 3. The Morgan fingerprint density at radius 2 is 2.12 bits per heavy atom. The molecule has 4 atom stereocenters. The second-order valence-electron chi connectivity index (χ2n) is 6.86. The van der Waals surface area contributed by atoms with E-state index < -0.39 is 12.0 Å². The van der Waals surface area contributed by atoms with Crippen LogP contribution in [0.1, 0.15) is 27.0 Å². The zero-order valence-electron chi connectivity index (χ0n) is 14.6. The summed E-state index contributed by atoms with van der Waals surface area (Å²) in [4.78, 5) is 8.29. The maximum Gasteiger partial charge on any atom is 0.226 e. The van der Waals surface area contributed by atoms with Gasteiger partial charge in [0.1, 0.15) is 23.7 Å². The number of thiol groups is 1. The second kappa shape index (κ2) is 6.43. The third-order valence-corrected chi connectivity index (χ3v) is 5.64. The highest BCUT2D eigenvalue weighted by molar-refractivity contribution is 7.98. The maximum absolute atomic E-state index is 9.53. The number of aromatic nitrogens is 3. The Balaban J connectivity index is 1.73. The molecule has 2 fully saturated rings. The van der Waals surface area contributed by atoms with Gasteiger partial charge < -0.3 is 29.6 Å². The van der Waals surface area contributed by atoms with E-state index in [2.05, 4.69) is 9.97 Å². The first-order chi connectivity index (χ1) is 12.2. The zero-order valence-corrected chi connectivity index (χ0v) is 16.2. The smallest absolute Gasteiger partial charge is 0.226 e. The lowest BCUT2D eigenvalue weighted by Gasteiger charge is -2.24. The molecule has 2 aromatic rings. The number of halogens is 1. The molecule has 0 saturated carbocycles. The van der Waals surface area contributed by atoms with E-state index in [1.165, 1.54) is 0 Å². The average Bonchev–Trinajstić information content (AvgIpc) is 3.16. The lowest BCUT2D eigenvalue weighted by molar-refractivity contribution is -0.193. The number of hydrogen-bond donors (Lipinski definition) is 3. The summed E-state index contributed by atoms with van der Waals surface area (Å²) in [6.07, 6.45) is 0.626. The van der Waals surface area contributed by atoms with Gasteiger partial charge in [0.25, 0.3) is 0 Å². The van der Waals surface area contributed by atoms with Crippen molar-refractivity contribution in [3.8, 4) is 0 Å². The molecule has 4 heterocycles. The number of aliphatic hydroxyl groups excluding tert-OH is 1. The highest BCUT2D eigenvalue weighted by Crippen LogP contribution is 2.44. The summed E-state index contributed by atoms with van der Waals surface area (Å²) in [5.74, 6) is 0.216. The van der Waals surface area contributed by atoms with Gasteiger partial charge in [-0.2, -0.15) is 16.3 Å². The Hall–Kier alpha value is -1.23. The number of anilines is 1. The highest BCUT2D eigenvalue weighted by Gasteiger charge is 2.55. The Morgan fingerprint density at radius 1 is 1.38 bits per heavy atom. The van der Waals surface area contributed by atoms with Gasteiger partial charge in [0.05, 0.1) is 16.5 Å². The van der Waals surface area contributed by atoms with Crippen molar-refractivity contribution in [3.63, 3.8) is 0 Å². The summed E-state index contributed by atoms with van der Waals surface area (Å²) in [5, 5.41) is 10.7. The molecule has 0 unspecified atom stereocenters. The first-order valence-electron chi connectivity index (χ1n) is 8.26. The summed E-state index contributed by atoms with van der Waals surface area (Å²) in [7, 11) is 0. The largest absolute Gasteiger partial charge is 0.383 e. The lowest BCUT2D eigenvalue weighted by atomic mass is 10.1. The van der Waals surface area contributed by atoms with Gasteiger partial charge in [-0.3, -0.25) is 0 Å². The number of rotatable bonds is 3. The molecule has 8 nitrogen and oxygen atoms in total. The molecular formula is C16H21ClN4O4S. The van der Waals surface area contributed by atoms with Crippen LogP contribution >= 0.6 is 23.0 Å². The Kier molecular flexibility index (Phi) is 4.49. The van der Waals surface area contributed by atoms with Crippen LogP contribution in [0.25, 0.3) is 11.0 Å². The van der Waals surface area contributed by atoms with Crippen LogP contribution in [-0.4, -0.2) is 54.5 Å². The van der Waals surface area contributed by atoms with Crippen LogP contribution in [0, 0.1) is 0 Å². The van der Waals surface area contributed by atoms with Crippen molar-refractivity contribution in [1.29, 1.82) is 0 Å². The molecule has 26 heavy (non-hydrogen) atoms. The third kappa shape index (κ3) is 3.12. The number of fused-ring (bicyclic) bond motifs is 2. The number of nitrogens with zero attached hydrogens (tertiary/aromatic N) is 3. The van der Waals surface area contributed by atoms with Gasteiger partial charge >= 0.3 is 0 Å². The number of aliphatic hydroxyl groups is 1. The summed E-state index contributed by atoms with van der Waals surface area (Å²) in [6, 6.07) is 1.83. The standard InChI is InChI=1S/C16H21ClN4O4S/c1-7(22)26-6-9-10-11(25-16(2,3)24-10)14(23-9)21-5-4-8-12(18)19-15(17)20-13(8)21/h4-5,9-11,14,22,26H,6H2,1-3H3,(H2,18,19,20)/t9-,10-,11-,14-/m1/s1. The first-order valence-corrected chi connectivity index (χ1v) is 9.71. The molecule has 0 aromatic carbocycles. The predicted molar refractivity (Wildman–Crippen MR) is 102 cm³/mol. The highest BCUT2D eigenvalue weighted by atomic mass is 35.5. The molecule has 0 amide bonds. The molecule has 2 aliphatic rings. The van der Waals surface area contributed by atoms with Crippen molar-refractivity contribution in [1.82, 2.24) is 14.5 Å². The van der Waals surface area contributed by atoms with Crippen molar-refractivity contribution in [2.24, 2.45) is 0 Å². The topological polar surface area (TPSA) is 105 Å². The summed E-state index contributed by atoms with van der Waals surface area (Å²) in [6.45, 7) is 5.43. The Labute approximate surface area is 159 Å². The van der Waals surface area contributed by atoms with E-state index >= 15 is 0 Å². The third-order valence-electron chi connectivity index (χ3n) is 4.47. The average molecular weight is 401 g/mol. The van der Waals surface area contributed by atoms with E-state index in [0.717, 1.165) is 11.4 Å². The maximum atomic E-state index is 9.53. The molecule has 4 rings (SSSR count). The van der Waals surface area contributed by atoms with Crippen LogP contribution in [-0.2, 0) is 14.2 Å². The normalized spacial score (nSPS) is 31.2. The number of nitrogen functional groups attached to an aromatic ring is 1. The molecule has 0 spiro atoms. The van der Waals surface area contributed by atoms with Crippen LogP contribution in [0.4, 0.5) is 5.82 Å². The van der Waals surface area contributed by atoms with Crippen LogP contribution in [0.2, 0.25) is 5.28 Å². The van der Waals surface area contributed by atoms with Crippen molar-refractivity contribution >= 4 is 44.9 Å². The SMILES string of the molecule is CC(O)=[SH]C[C@H]1O[C@@H](n2ccc3c(N)nc(Cl)nc32)[C@@H]2OC(C)(C)O[C@@H]21. The Bertz CT molecular complexity index is 883. The van der Waals surface area contributed by atoms with Gasteiger partial charge in [0.2, 0.25) is 5.28 Å². The van der Waals surface area contributed by atoms with Crippen LogP contribution in [0.5, 0.6) is 0 Å². The van der Waals surface area contributed by atoms with E-state index in [-0.39, 0.29) is 23.6 Å². The molecular weight excluding hydrogens is 380 g/mol. The monoisotopic (exact) mass is 400 g/mol. The first kappa shape index (κ1) is 18.1. The van der Waals surface area contributed by atoms with E-state index in [1.807, 2.05) is 30.7 Å². The van der Waals surface area contributed by atoms with Gasteiger partial charge in [-0.25, -0.2) is 4.98 Å². The molecule has 2 aromatic heterocycles. The fourth-order valence-corrected chi connectivity index (χ4v) is 4.40. The van der Waals surface area contributed by atoms with E-state index in [4.69, 9.17) is 31.5 Å². The minimum atomic E-state index is -0.709. The van der Waals surface area contributed by atoms with Gasteiger partial charge in [-0.1, -0.05) is 0 Å². The van der Waals surface area contributed by atoms with Crippen molar-refractivity contribution in [2.45, 2.75) is 51.1 Å². The summed E-state index contributed by atoms with van der Waals surface area (Å²) < 4.78 is 20.3. The molecule has 0 radical (unpaired) electrons. The minimum absolute atomic E-state index is 0.0778. The molecule has 142 valence electrons. The quantitative estimate of drug-likeness (QED) is 0.412. The summed E-state index contributed by atoms with van der Waals surface area (Å²) >= 11 is 6.79. The number of nitrogens with two attached hydrogens (primary N) is 1. The molecule has 10 heteroatoms. The lowest BCUT2D eigenvalue weighted by Crippen LogP contribution is -2.31. The number of hydrogen-bond acceptors (Lipinski definition) is 6. The van der Waals surface area contributed by atoms with Gasteiger partial charge in [-0.15, -0.1) is 0 Å². The van der Waals surface area contributed by atoms with Crippen molar-refractivity contribution < 1.29 is 19.3 Å². The van der Waals surface area contributed by atoms with E-state index in [0.29, 0.717) is 27.7 Å². The molecule has 0 bridgehead atoms. The van der Waals surface area contributed by atoms with Crippen molar-refractivity contribution in [2.75, 3.05) is 11.5 Å². The fraction of sp³-hybridized carbons (Fsp3) is 0.562. The van der Waals surface area contributed by atoms with E-state index in [9.17, 15) is 5.11 Å². The molecule has 0 aliphatic carbocycles. The van der Waals surface area contributed by atoms with Crippen LogP contribution in [0.3, 0.4) is 0 Å². The van der Waals surface area contributed by atoms with Gasteiger partial charge in [0, 0.05) is 11.9 Å².